The number of nitrogens with one attached hydrogen (secondary N) is 2. The first-order valence-corrected chi connectivity index (χ1v) is 10.0. The van der Waals surface area contributed by atoms with E-state index in [0.29, 0.717) is 24.2 Å². The average Bonchev–Trinajstić information content (AvgIpc) is 2.69. The van der Waals surface area contributed by atoms with Gasteiger partial charge in [0.25, 0.3) is 0 Å². The number of rotatable bonds is 7. The number of nitrogens with zero attached hydrogens (tertiary/aromatic N) is 1. The van der Waals surface area contributed by atoms with Gasteiger partial charge < -0.3 is 15.5 Å². The van der Waals surface area contributed by atoms with Crippen LogP contribution in [0.2, 0.25) is 0 Å². The Labute approximate surface area is 167 Å². The lowest BCUT2D eigenvalue weighted by Gasteiger charge is -2.32. The van der Waals surface area contributed by atoms with Crippen LogP contribution in [0.5, 0.6) is 0 Å². The number of ketones is 1. The second-order valence-corrected chi connectivity index (χ2v) is 7.58. The highest BCUT2D eigenvalue weighted by Crippen LogP contribution is 2.24. The number of piperidine rings is 1. The Balaban J connectivity index is 1.44. The van der Waals surface area contributed by atoms with Gasteiger partial charge in [-0.05, 0) is 62.1 Å². The van der Waals surface area contributed by atoms with Crippen LogP contribution in [-0.4, -0.2) is 31.3 Å². The van der Waals surface area contributed by atoms with Crippen molar-refractivity contribution in [3.8, 4) is 0 Å². The number of Topliss-reactive ketones (excluding diaryl/α,β-unsaturated/α-hetero) is 1. The Morgan fingerprint density at radius 3 is 2.43 bits per heavy atom. The smallest absolute Gasteiger partial charge is 0.226 e. The Hall–Kier alpha value is -2.82. The van der Waals surface area contributed by atoms with Crippen molar-refractivity contribution in [2.75, 3.05) is 35.2 Å². The van der Waals surface area contributed by atoms with E-state index in [0.717, 1.165) is 24.7 Å². The quantitative estimate of drug-likeness (QED) is 0.692. The molecule has 5 heteroatoms. The zero-order chi connectivity index (χ0) is 19.9. The predicted octanol–water partition coefficient (Wildman–Crippen LogP) is 4.57. The van der Waals surface area contributed by atoms with Gasteiger partial charge in [0.1, 0.15) is 0 Å². The molecule has 0 aliphatic carbocycles. The van der Waals surface area contributed by atoms with Gasteiger partial charge in [-0.2, -0.15) is 0 Å². The minimum absolute atomic E-state index is 0.0136. The number of benzene rings is 2. The fourth-order valence-corrected chi connectivity index (χ4v) is 3.42. The first-order chi connectivity index (χ1) is 13.5. The van der Waals surface area contributed by atoms with Gasteiger partial charge in [-0.1, -0.05) is 19.1 Å². The molecule has 3 rings (SSSR count). The van der Waals surface area contributed by atoms with Crippen LogP contribution >= 0.6 is 0 Å². The maximum absolute atomic E-state index is 12.1. The van der Waals surface area contributed by atoms with Gasteiger partial charge in [0.15, 0.2) is 5.78 Å². The van der Waals surface area contributed by atoms with Gasteiger partial charge in [0.05, 0.1) is 0 Å². The van der Waals surface area contributed by atoms with Crippen LogP contribution in [0.25, 0.3) is 0 Å². The Morgan fingerprint density at radius 2 is 1.75 bits per heavy atom. The number of carbonyl (C=O) groups is 2. The molecular weight excluding hydrogens is 350 g/mol. The number of anilines is 3. The van der Waals surface area contributed by atoms with Crippen molar-refractivity contribution >= 4 is 28.8 Å². The van der Waals surface area contributed by atoms with E-state index in [1.54, 1.807) is 24.3 Å². The highest BCUT2D eigenvalue weighted by Gasteiger charge is 2.15. The second-order valence-electron chi connectivity index (χ2n) is 7.58. The lowest BCUT2D eigenvalue weighted by atomic mass is 9.99. The summed E-state index contributed by atoms with van der Waals surface area (Å²) in [5, 5.41) is 6.14. The van der Waals surface area contributed by atoms with Crippen LogP contribution in [0.1, 0.15) is 43.5 Å². The number of amides is 1. The molecular formula is C23H29N3O2. The first kappa shape index (κ1) is 19.9. The molecule has 148 valence electrons. The third kappa shape index (κ3) is 5.59. The van der Waals surface area contributed by atoms with Crippen LogP contribution in [-0.2, 0) is 4.79 Å². The zero-order valence-electron chi connectivity index (χ0n) is 16.7. The SMILES string of the molecule is CC(=O)c1cccc(NC(=O)CCNc2ccc(N3CCC(C)CC3)cc2)c1. The highest BCUT2D eigenvalue weighted by atomic mass is 16.1. The summed E-state index contributed by atoms with van der Waals surface area (Å²) < 4.78 is 0. The van der Waals surface area contributed by atoms with Gasteiger partial charge in [-0.3, -0.25) is 9.59 Å². The van der Waals surface area contributed by atoms with E-state index >= 15 is 0 Å². The van der Waals surface area contributed by atoms with Crippen molar-refractivity contribution in [2.45, 2.75) is 33.1 Å². The molecule has 0 bridgehead atoms. The van der Waals surface area contributed by atoms with E-state index in [1.165, 1.54) is 25.5 Å². The van der Waals surface area contributed by atoms with Crippen LogP contribution in [0.3, 0.4) is 0 Å². The van der Waals surface area contributed by atoms with Crippen LogP contribution in [0, 0.1) is 5.92 Å². The molecule has 1 aliphatic heterocycles. The molecule has 0 saturated carbocycles. The van der Waals surface area contributed by atoms with Gasteiger partial charge >= 0.3 is 0 Å². The molecule has 28 heavy (non-hydrogen) atoms. The predicted molar refractivity (Wildman–Crippen MR) is 115 cm³/mol. The average molecular weight is 380 g/mol. The number of carbonyl (C=O) groups excluding carboxylic acids is 2. The maximum Gasteiger partial charge on any atom is 0.226 e. The summed E-state index contributed by atoms with van der Waals surface area (Å²) in [6.07, 6.45) is 2.87. The third-order valence-corrected chi connectivity index (χ3v) is 5.25. The molecule has 0 aromatic heterocycles. The molecule has 1 amide bonds. The summed E-state index contributed by atoms with van der Waals surface area (Å²) >= 11 is 0. The number of hydrogen-bond donors (Lipinski definition) is 2. The minimum Gasteiger partial charge on any atom is -0.385 e. The van der Waals surface area contributed by atoms with E-state index in [9.17, 15) is 9.59 Å². The normalized spacial score (nSPS) is 14.6. The molecule has 0 spiro atoms. The molecule has 0 unspecified atom stereocenters. The van der Waals surface area contributed by atoms with E-state index in [2.05, 4.69) is 46.7 Å². The van der Waals surface area contributed by atoms with Crippen molar-refractivity contribution in [2.24, 2.45) is 5.92 Å². The first-order valence-electron chi connectivity index (χ1n) is 10.0. The van der Waals surface area contributed by atoms with Crippen molar-refractivity contribution in [1.82, 2.24) is 0 Å². The summed E-state index contributed by atoms with van der Waals surface area (Å²) in [5.41, 5.74) is 3.53. The molecule has 2 aromatic rings. The van der Waals surface area contributed by atoms with E-state index in [1.807, 2.05) is 0 Å². The molecule has 1 fully saturated rings. The molecule has 1 heterocycles. The van der Waals surface area contributed by atoms with Crippen LogP contribution in [0.15, 0.2) is 48.5 Å². The van der Waals surface area contributed by atoms with E-state index in [-0.39, 0.29) is 11.7 Å². The van der Waals surface area contributed by atoms with Crippen molar-refractivity contribution in [3.05, 3.63) is 54.1 Å². The fraction of sp³-hybridized carbons (Fsp3) is 0.391. The molecule has 2 aromatic carbocycles. The summed E-state index contributed by atoms with van der Waals surface area (Å²) in [6, 6.07) is 15.4. The number of hydrogen-bond acceptors (Lipinski definition) is 4. The third-order valence-electron chi connectivity index (χ3n) is 5.25. The minimum atomic E-state index is -0.0766. The zero-order valence-corrected chi connectivity index (χ0v) is 16.7. The van der Waals surface area contributed by atoms with E-state index in [4.69, 9.17) is 0 Å². The molecule has 1 saturated heterocycles. The Kier molecular flexibility index (Phi) is 6.69. The summed E-state index contributed by atoms with van der Waals surface area (Å²) in [4.78, 5) is 26.0. The van der Waals surface area contributed by atoms with Crippen LogP contribution in [0.4, 0.5) is 17.1 Å². The Bertz CT molecular complexity index is 809. The largest absolute Gasteiger partial charge is 0.385 e. The van der Waals surface area contributed by atoms with Crippen molar-refractivity contribution in [3.63, 3.8) is 0 Å². The molecule has 2 N–H and O–H groups in total. The fourth-order valence-electron chi connectivity index (χ4n) is 3.42. The lowest BCUT2D eigenvalue weighted by molar-refractivity contribution is -0.115. The van der Waals surface area contributed by atoms with Gasteiger partial charge in [0, 0.05) is 48.7 Å². The second kappa shape index (κ2) is 9.40. The molecule has 0 atom stereocenters. The van der Waals surface area contributed by atoms with Gasteiger partial charge in [0.2, 0.25) is 5.91 Å². The Morgan fingerprint density at radius 1 is 1.04 bits per heavy atom. The van der Waals surface area contributed by atoms with E-state index < -0.39 is 0 Å². The topological polar surface area (TPSA) is 61.4 Å². The molecule has 5 nitrogen and oxygen atoms in total. The monoisotopic (exact) mass is 379 g/mol. The molecule has 1 aliphatic rings. The molecule has 0 radical (unpaired) electrons. The highest BCUT2D eigenvalue weighted by molar-refractivity contribution is 5.97. The standard InChI is InChI=1S/C23H29N3O2/c1-17-11-14-26(15-12-17)22-8-6-20(7-9-22)24-13-10-23(28)25-21-5-3-4-19(16-21)18(2)27/h3-9,16-17,24H,10-15H2,1-2H3,(H,25,28). The van der Waals surface area contributed by atoms with Crippen molar-refractivity contribution < 1.29 is 9.59 Å². The van der Waals surface area contributed by atoms with Gasteiger partial charge in [-0.15, -0.1) is 0 Å². The van der Waals surface area contributed by atoms with Crippen LogP contribution < -0.4 is 15.5 Å². The summed E-state index contributed by atoms with van der Waals surface area (Å²) in [6.45, 7) is 6.64. The lowest BCUT2D eigenvalue weighted by Crippen LogP contribution is -2.32. The maximum atomic E-state index is 12.1. The van der Waals surface area contributed by atoms with Crippen molar-refractivity contribution in [1.29, 1.82) is 0 Å². The summed E-state index contributed by atoms with van der Waals surface area (Å²) in [5.74, 6) is 0.737. The summed E-state index contributed by atoms with van der Waals surface area (Å²) in [7, 11) is 0. The van der Waals surface area contributed by atoms with Gasteiger partial charge in [-0.25, -0.2) is 0 Å².